The summed E-state index contributed by atoms with van der Waals surface area (Å²) in [6.07, 6.45) is 0.168. The molecule has 2 aromatic rings. The first-order chi connectivity index (χ1) is 12.5. The third kappa shape index (κ3) is 3.52. The number of carbonyl (C=O) groups is 2. The normalized spacial score (nSPS) is 18.2. The molecule has 3 rings (SSSR count). The molecule has 0 fully saturated rings. The van der Waals surface area contributed by atoms with E-state index in [0.717, 1.165) is 6.08 Å². The molecule has 0 unspecified atom stereocenters. The summed E-state index contributed by atoms with van der Waals surface area (Å²) < 4.78 is 5.44. The van der Waals surface area contributed by atoms with Crippen LogP contribution < -0.4 is 15.4 Å². The largest absolute Gasteiger partial charge is 0.507 e. The average molecular weight is 354 g/mol. The van der Waals surface area contributed by atoms with Crippen LogP contribution >= 0.6 is 0 Å². The van der Waals surface area contributed by atoms with Gasteiger partial charge in [0.25, 0.3) is 5.91 Å². The molecule has 0 bridgehead atoms. The van der Waals surface area contributed by atoms with Crippen molar-refractivity contribution >= 4 is 17.5 Å². The van der Waals surface area contributed by atoms with Gasteiger partial charge < -0.3 is 25.6 Å². The molecular weight excluding hydrogens is 336 g/mol. The van der Waals surface area contributed by atoms with Crippen molar-refractivity contribution in [1.29, 1.82) is 0 Å². The highest BCUT2D eigenvalue weighted by atomic mass is 16.5. The molecule has 0 radical (unpaired) electrons. The van der Waals surface area contributed by atoms with Gasteiger partial charge in [-0.3, -0.25) is 9.59 Å². The van der Waals surface area contributed by atoms with Gasteiger partial charge in [0.2, 0.25) is 5.91 Å². The van der Waals surface area contributed by atoms with E-state index < -0.39 is 24.0 Å². The number of aromatic hydroxyl groups is 1. The Hall–Kier alpha value is -3.32. The van der Waals surface area contributed by atoms with Gasteiger partial charge in [-0.15, -0.1) is 0 Å². The summed E-state index contributed by atoms with van der Waals surface area (Å²) in [6.45, 7) is 3.40. The molecule has 2 atom stereocenters. The van der Waals surface area contributed by atoms with Crippen molar-refractivity contribution in [2.24, 2.45) is 0 Å². The number of anilines is 1. The zero-order chi connectivity index (χ0) is 18.7. The summed E-state index contributed by atoms with van der Waals surface area (Å²) in [6, 6.07) is 10.5. The zero-order valence-corrected chi connectivity index (χ0v) is 13.8. The van der Waals surface area contributed by atoms with E-state index in [1.54, 1.807) is 24.3 Å². The number of fused-ring (bicyclic) bond motifs is 1. The van der Waals surface area contributed by atoms with Crippen molar-refractivity contribution in [1.82, 2.24) is 5.32 Å². The molecule has 2 aromatic carbocycles. The summed E-state index contributed by atoms with van der Waals surface area (Å²) in [7, 11) is 0. The Balaban J connectivity index is 1.85. The molecule has 0 saturated heterocycles. The lowest BCUT2D eigenvalue weighted by atomic mass is 9.97. The van der Waals surface area contributed by atoms with Gasteiger partial charge in [0, 0.05) is 11.3 Å². The molecule has 1 aliphatic rings. The van der Waals surface area contributed by atoms with Gasteiger partial charge in [-0.05, 0) is 30.3 Å². The number of aliphatic hydroxyl groups is 1. The van der Waals surface area contributed by atoms with Gasteiger partial charge in [-0.1, -0.05) is 24.8 Å². The number of rotatable bonds is 4. The Bertz CT molecular complexity index is 865. The van der Waals surface area contributed by atoms with Crippen LogP contribution in [0.4, 0.5) is 5.69 Å². The quantitative estimate of drug-likeness (QED) is 0.494. The Kier molecular flexibility index (Phi) is 4.90. The van der Waals surface area contributed by atoms with Gasteiger partial charge in [0.05, 0.1) is 11.6 Å². The molecular formula is C19H18N2O5. The van der Waals surface area contributed by atoms with E-state index in [0.29, 0.717) is 17.0 Å². The van der Waals surface area contributed by atoms with Crippen molar-refractivity contribution in [3.8, 4) is 11.5 Å². The maximum absolute atomic E-state index is 12.6. The zero-order valence-electron chi connectivity index (χ0n) is 13.8. The van der Waals surface area contributed by atoms with Gasteiger partial charge in [0.15, 0.2) is 0 Å². The van der Waals surface area contributed by atoms with Crippen molar-refractivity contribution in [2.75, 3.05) is 11.9 Å². The number of phenolic OH excluding ortho intramolecular Hbond substituents is 1. The van der Waals surface area contributed by atoms with E-state index in [-0.39, 0.29) is 17.9 Å². The molecule has 1 heterocycles. The third-order valence-corrected chi connectivity index (χ3v) is 4.03. The van der Waals surface area contributed by atoms with E-state index in [4.69, 9.17) is 4.74 Å². The molecule has 1 aliphatic heterocycles. The molecule has 7 nitrogen and oxygen atoms in total. The Labute approximate surface area is 149 Å². The first-order valence-electron chi connectivity index (χ1n) is 7.96. The average Bonchev–Trinajstić information content (AvgIpc) is 2.65. The van der Waals surface area contributed by atoms with Gasteiger partial charge in [0.1, 0.15) is 24.2 Å². The molecule has 0 saturated carbocycles. The lowest BCUT2D eigenvalue weighted by Crippen LogP contribution is -2.42. The highest BCUT2D eigenvalue weighted by molar-refractivity contribution is 6.02. The van der Waals surface area contributed by atoms with E-state index in [9.17, 15) is 19.8 Å². The Morgan fingerprint density at radius 3 is 2.77 bits per heavy atom. The second-order valence-corrected chi connectivity index (χ2v) is 5.79. The lowest BCUT2D eigenvalue weighted by molar-refractivity contribution is -0.111. The highest BCUT2D eigenvalue weighted by Gasteiger charge is 2.31. The number of phenols is 1. The van der Waals surface area contributed by atoms with E-state index in [2.05, 4.69) is 17.2 Å². The minimum absolute atomic E-state index is 0.0250. The molecule has 26 heavy (non-hydrogen) atoms. The summed E-state index contributed by atoms with van der Waals surface area (Å²) in [5, 5.41) is 25.5. The lowest BCUT2D eigenvalue weighted by Gasteiger charge is -2.31. The van der Waals surface area contributed by atoms with Crippen LogP contribution in [0, 0.1) is 0 Å². The number of nitrogens with one attached hydrogen (secondary N) is 2. The van der Waals surface area contributed by atoms with Crippen molar-refractivity contribution in [2.45, 2.75) is 12.1 Å². The van der Waals surface area contributed by atoms with Crippen LogP contribution in [0.25, 0.3) is 0 Å². The molecule has 0 spiro atoms. The monoisotopic (exact) mass is 354 g/mol. The maximum Gasteiger partial charge on any atom is 0.255 e. The van der Waals surface area contributed by atoms with Gasteiger partial charge in [-0.2, -0.15) is 0 Å². The fourth-order valence-electron chi connectivity index (χ4n) is 2.73. The summed E-state index contributed by atoms with van der Waals surface area (Å²) in [5.74, 6) is -0.679. The summed E-state index contributed by atoms with van der Waals surface area (Å²) >= 11 is 0. The number of hydrogen-bond acceptors (Lipinski definition) is 5. The Morgan fingerprint density at radius 2 is 2.00 bits per heavy atom. The van der Waals surface area contributed by atoms with Crippen molar-refractivity contribution < 1.29 is 24.5 Å². The van der Waals surface area contributed by atoms with Crippen LogP contribution in [0.15, 0.2) is 55.1 Å². The van der Waals surface area contributed by atoms with Gasteiger partial charge >= 0.3 is 0 Å². The van der Waals surface area contributed by atoms with Crippen LogP contribution in [0.3, 0.4) is 0 Å². The smallest absolute Gasteiger partial charge is 0.255 e. The van der Waals surface area contributed by atoms with Crippen molar-refractivity contribution in [3.63, 3.8) is 0 Å². The predicted molar refractivity (Wildman–Crippen MR) is 95.1 cm³/mol. The van der Waals surface area contributed by atoms with Crippen LogP contribution in [0.5, 0.6) is 11.5 Å². The fourth-order valence-corrected chi connectivity index (χ4v) is 2.73. The minimum Gasteiger partial charge on any atom is -0.507 e. The standard InChI is InChI=1S/C19H18N2O5/c1-2-17(24)20-11-7-8-14(22)13(9-11)19(25)21-18-12-5-3-4-6-16(12)26-10-15(18)23/h2-9,15,18,22-23H,1,10H2,(H,20,24)(H,21,25)/t15-,18-/m1/s1. The van der Waals surface area contributed by atoms with E-state index in [1.165, 1.54) is 18.2 Å². The fraction of sp³-hybridized carbons (Fsp3) is 0.158. The van der Waals surface area contributed by atoms with Crippen LogP contribution in [-0.4, -0.2) is 34.7 Å². The van der Waals surface area contributed by atoms with Crippen LogP contribution in [-0.2, 0) is 4.79 Å². The molecule has 134 valence electrons. The number of para-hydroxylation sites is 1. The molecule has 7 heteroatoms. The number of amides is 2. The Morgan fingerprint density at radius 1 is 1.23 bits per heavy atom. The van der Waals surface area contributed by atoms with E-state index >= 15 is 0 Å². The molecule has 0 aromatic heterocycles. The minimum atomic E-state index is -0.931. The predicted octanol–water partition coefficient (Wildman–Crippen LogP) is 1.74. The number of carbonyl (C=O) groups excluding carboxylic acids is 2. The topological polar surface area (TPSA) is 108 Å². The SMILES string of the molecule is C=CC(=O)Nc1ccc(O)c(C(=O)N[C@@H]2c3ccccc3OC[C@H]2O)c1. The summed E-state index contributed by atoms with van der Waals surface area (Å²) in [5.41, 5.74) is 0.962. The van der Waals surface area contributed by atoms with Crippen LogP contribution in [0.2, 0.25) is 0 Å². The van der Waals surface area contributed by atoms with Crippen LogP contribution in [0.1, 0.15) is 22.0 Å². The number of aliphatic hydroxyl groups excluding tert-OH is 1. The molecule has 0 aliphatic carbocycles. The number of benzene rings is 2. The summed E-state index contributed by atoms with van der Waals surface area (Å²) in [4.78, 5) is 24.0. The van der Waals surface area contributed by atoms with Gasteiger partial charge in [-0.25, -0.2) is 0 Å². The highest BCUT2D eigenvalue weighted by Crippen LogP contribution is 2.32. The second kappa shape index (κ2) is 7.28. The molecule has 2 amide bonds. The first-order valence-corrected chi connectivity index (χ1v) is 7.96. The number of hydrogen-bond donors (Lipinski definition) is 4. The number of ether oxygens (including phenoxy) is 1. The molecule has 4 N–H and O–H groups in total. The maximum atomic E-state index is 12.6. The second-order valence-electron chi connectivity index (χ2n) is 5.79. The first kappa shape index (κ1) is 17.5. The van der Waals surface area contributed by atoms with E-state index in [1.807, 2.05) is 0 Å². The third-order valence-electron chi connectivity index (χ3n) is 4.03. The van der Waals surface area contributed by atoms with Crippen molar-refractivity contribution in [3.05, 3.63) is 66.2 Å².